The molecule has 1 heterocycles. The number of nitrogens with zero attached hydrogens (tertiary/aromatic N) is 1. The molecule has 1 aromatic carbocycles. The Morgan fingerprint density at radius 2 is 2.07 bits per heavy atom. The van der Waals surface area contributed by atoms with Gasteiger partial charge in [-0.05, 0) is 30.7 Å². The zero-order valence-corrected chi connectivity index (χ0v) is 8.24. The van der Waals surface area contributed by atoms with Crippen molar-refractivity contribution in [2.24, 2.45) is 0 Å². The Bertz CT molecular complexity index is 350. The minimum Gasteiger partial charge on any atom is -0.480 e. The molecule has 1 saturated heterocycles. The van der Waals surface area contributed by atoms with Crippen molar-refractivity contribution in [3.63, 3.8) is 0 Å². The van der Waals surface area contributed by atoms with E-state index in [1.54, 1.807) is 12.1 Å². The quantitative estimate of drug-likeness (QED) is 0.814. The molecule has 14 heavy (non-hydrogen) atoms. The van der Waals surface area contributed by atoms with Gasteiger partial charge in [0, 0.05) is 17.3 Å². The molecule has 0 aliphatic carbocycles. The summed E-state index contributed by atoms with van der Waals surface area (Å²) in [4.78, 5) is 12.6. The van der Waals surface area contributed by atoms with Crippen LogP contribution in [-0.4, -0.2) is 23.7 Å². The van der Waals surface area contributed by atoms with Crippen molar-refractivity contribution < 1.29 is 9.90 Å². The molecule has 0 spiro atoms. The van der Waals surface area contributed by atoms with Gasteiger partial charge in [-0.3, -0.25) is 0 Å². The topological polar surface area (TPSA) is 40.5 Å². The minimum atomic E-state index is -0.758. The summed E-state index contributed by atoms with van der Waals surface area (Å²) in [5.74, 6) is -0.758. The number of carboxylic acid groups (broad SMARTS) is 1. The van der Waals surface area contributed by atoms with Gasteiger partial charge in [-0.25, -0.2) is 4.79 Å². The van der Waals surface area contributed by atoms with Gasteiger partial charge in [-0.15, -0.1) is 0 Å². The second-order valence-corrected chi connectivity index (χ2v) is 3.75. The Kier molecular flexibility index (Phi) is 2.33. The number of benzene rings is 1. The van der Waals surface area contributed by atoms with Crippen molar-refractivity contribution in [3.8, 4) is 0 Å². The Labute approximate surface area is 86.9 Å². The van der Waals surface area contributed by atoms with Crippen LogP contribution < -0.4 is 4.90 Å². The van der Waals surface area contributed by atoms with Crippen LogP contribution in [0.3, 0.4) is 0 Å². The fourth-order valence-electron chi connectivity index (χ4n) is 1.59. The van der Waals surface area contributed by atoms with Gasteiger partial charge in [0.2, 0.25) is 0 Å². The molecular formula is C10H10ClNO2. The number of anilines is 1. The van der Waals surface area contributed by atoms with Crippen LogP contribution in [0.4, 0.5) is 5.69 Å². The molecule has 1 unspecified atom stereocenters. The van der Waals surface area contributed by atoms with Crippen LogP contribution in [-0.2, 0) is 4.79 Å². The summed E-state index contributed by atoms with van der Waals surface area (Å²) in [6, 6.07) is 6.87. The van der Waals surface area contributed by atoms with Crippen LogP contribution in [0.2, 0.25) is 5.02 Å². The van der Waals surface area contributed by atoms with E-state index in [0.717, 1.165) is 18.7 Å². The van der Waals surface area contributed by atoms with Crippen molar-refractivity contribution >= 4 is 23.3 Å². The highest BCUT2D eigenvalue weighted by Gasteiger charge is 2.33. The van der Waals surface area contributed by atoms with E-state index in [0.29, 0.717) is 5.02 Å². The SMILES string of the molecule is O=C(O)C1CCN1c1ccc(Cl)cc1. The zero-order valence-electron chi connectivity index (χ0n) is 7.48. The van der Waals surface area contributed by atoms with E-state index >= 15 is 0 Å². The van der Waals surface area contributed by atoms with E-state index in [-0.39, 0.29) is 6.04 Å². The lowest BCUT2D eigenvalue weighted by Gasteiger charge is -2.39. The van der Waals surface area contributed by atoms with Crippen LogP contribution >= 0.6 is 11.6 Å². The molecule has 1 aliphatic rings. The molecule has 3 nitrogen and oxygen atoms in total. The number of carbonyl (C=O) groups is 1. The van der Waals surface area contributed by atoms with E-state index in [2.05, 4.69) is 0 Å². The number of hydrogen-bond donors (Lipinski definition) is 1. The summed E-state index contributed by atoms with van der Waals surface area (Å²) in [5.41, 5.74) is 0.924. The lowest BCUT2D eigenvalue weighted by molar-refractivity contribution is -0.139. The first-order chi connectivity index (χ1) is 6.68. The first kappa shape index (κ1) is 9.34. The van der Waals surface area contributed by atoms with Crippen LogP contribution in [0, 0.1) is 0 Å². The number of rotatable bonds is 2. The maximum Gasteiger partial charge on any atom is 0.326 e. The first-order valence-corrected chi connectivity index (χ1v) is 4.81. The smallest absolute Gasteiger partial charge is 0.326 e. The number of aliphatic carboxylic acids is 1. The maximum absolute atomic E-state index is 10.8. The Morgan fingerprint density at radius 1 is 1.43 bits per heavy atom. The predicted molar refractivity (Wildman–Crippen MR) is 54.8 cm³/mol. The third-order valence-electron chi connectivity index (χ3n) is 2.46. The molecule has 74 valence electrons. The molecular weight excluding hydrogens is 202 g/mol. The predicted octanol–water partition coefficient (Wildman–Crippen LogP) is 2.00. The third-order valence-corrected chi connectivity index (χ3v) is 2.71. The van der Waals surface area contributed by atoms with Gasteiger partial charge in [0.15, 0.2) is 0 Å². The van der Waals surface area contributed by atoms with Gasteiger partial charge < -0.3 is 10.0 Å². The van der Waals surface area contributed by atoms with E-state index < -0.39 is 5.97 Å². The van der Waals surface area contributed by atoms with E-state index in [1.807, 2.05) is 17.0 Å². The number of hydrogen-bond acceptors (Lipinski definition) is 2. The lowest BCUT2D eigenvalue weighted by atomic mass is 10.0. The van der Waals surface area contributed by atoms with Gasteiger partial charge in [-0.1, -0.05) is 11.6 Å². The number of halogens is 1. The van der Waals surface area contributed by atoms with E-state index in [1.165, 1.54) is 0 Å². The summed E-state index contributed by atoms with van der Waals surface area (Å²) in [7, 11) is 0. The fourth-order valence-corrected chi connectivity index (χ4v) is 1.71. The molecule has 4 heteroatoms. The molecule has 0 saturated carbocycles. The van der Waals surface area contributed by atoms with Gasteiger partial charge >= 0.3 is 5.97 Å². The summed E-state index contributed by atoms with van der Waals surface area (Å²) in [5, 5.41) is 9.52. The highest BCUT2D eigenvalue weighted by molar-refractivity contribution is 6.30. The van der Waals surface area contributed by atoms with Crippen molar-refractivity contribution in [3.05, 3.63) is 29.3 Å². The molecule has 1 aromatic rings. The van der Waals surface area contributed by atoms with E-state index in [9.17, 15) is 4.79 Å². The second-order valence-electron chi connectivity index (χ2n) is 3.31. The Morgan fingerprint density at radius 3 is 2.50 bits per heavy atom. The van der Waals surface area contributed by atoms with Crippen molar-refractivity contribution in [2.45, 2.75) is 12.5 Å². The number of carboxylic acids is 1. The van der Waals surface area contributed by atoms with Crippen LogP contribution in [0.25, 0.3) is 0 Å². The Hall–Kier alpha value is -1.22. The summed E-state index contributed by atoms with van der Waals surface area (Å²) >= 11 is 5.74. The van der Waals surface area contributed by atoms with E-state index in [4.69, 9.17) is 16.7 Å². The highest BCUT2D eigenvalue weighted by atomic mass is 35.5. The first-order valence-electron chi connectivity index (χ1n) is 4.43. The molecule has 1 N–H and O–H groups in total. The zero-order chi connectivity index (χ0) is 10.1. The summed E-state index contributed by atoms with van der Waals surface area (Å²) in [6.07, 6.45) is 0.720. The molecule has 0 aromatic heterocycles. The highest BCUT2D eigenvalue weighted by Crippen LogP contribution is 2.27. The molecule has 0 amide bonds. The second kappa shape index (κ2) is 3.50. The summed E-state index contributed by atoms with van der Waals surface area (Å²) < 4.78 is 0. The molecule has 0 bridgehead atoms. The average Bonchev–Trinajstić information content (AvgIpc) is 2.05. The average molecular weight is 212 g/mol. The molecule has 0 radical (unpaired) electrons. The monoisotopic (exact) mass is 211 g/mol. The maximum atomic E-state index is 10.8. The van der Waals surface area contributed by atoms with Crippen molar-refractivity contribution in [2.75, 3.05) is 11.4 Å². The molecule has 2 rings (SSSR count). The van der Waals surface area contributed by atoms with Crippen LogP contribution in [0.1, 0.15) is 6.42 Å². The van der Waals surface area contributed by atoms with Crippen LogP contribution in [0.15, 0.2) is 24.3 Å². The van der Waals surface area contributed by atoms with Crippen molar-refractivity contribution in [1.82, 2.24) is 0 Å². The fraction of sp³-hybridized carbons (Fsp3) is 0.300. The summed E-state index contributed by atoms with van der Waals surface area (Å²) in [6.45, 7) is 0.804. The lowest BCUT2D eigenvalue weighted by Crippen LogP contribution is -2.52. The molecule has 1 fully saturated rings. The Balaban J connectivity index is 2.16. The standard InChI is InChI=1S/C10H10ClNO2/c11-7-1-3-8(4-2-7)12-6-5-9(12)10(13)14/h1-4,9H,5-6H2,(H,13,14). The van der Waals surface area contributed by atoms with Gasteiger partial charge in [0.25, 0.3) is 0 Å². The van der Waals surface area contributed by atoms with Gasteiger partial charge in [0.05, 0.1) is 0 Å². The minimum absolute atomic E-state index is 0.365. The van der Waals surface area contributed by atoms with Gasteiger partial charge in [-0.2, -0.15) is 0 Å². The van der Waals surface area contributed by atoms with Crippen molar-refractivity contribution in [1.29, 1.82) is 0 Å². The third kappa shape index (κ3) is 1.55. The van der Waals surface area contributed by atoms with Crippen LogP contribution in [0.5, 0.6) is 0 Å². The molecule has 1 atom stereocenters. The molecule has 1 aliphatic heterocycles. The van der Waals surface area contributed by atoms with Gasteiger partial charge in [0.1, 0.15) is 6.04 Å². The largest absolute Gasteiger partial charge is 0.480 e. The normalized spacial score (nSPS) is 20.4.